The predicted octanol–water partition coefficient (Wildman–Crippen LogP) is 4.72. The third-order valence-corrected chi connectivity index (χ3v) is 7.43. The minimum absolute atomic E-state index is 0.246. The number of allylic oxidation sites excluding steroid dienone is 1. The number of nitrogens with zero attached hydrogens (tertiary/aromatic N) is 3. The van der Waals surface area contributed by atoms with Crippen molar-refractivity contribution in [1.29, 1.82) is 5.41 Å². The Morgan fingerprint density at radius 3 is 2.63 bits per heavy atom. The molecular formula is C27H29FN6O3S. The Hall–Kier alpha value is -4.09. The highest BCUT2D eigenvalue weighted by Crippen LogP contribution is 2.31. The van der Waals surface area contributed by atoms with E-state index < -0.39 is 10.0 Å². The first-order chi connectivity index (χ1) is 18.2. The van der Waals surface area contributed by atoms with Crippen molar-refractivity contribution in [1.82, 2.24) is 19.4 Å². The van der Waals surface area contributed by atoms with Crippen molar-refractivity contribution in [2.45, 2.75) is 32.1 Å². The molecule has 0 aliphatic carbocycles. The Morgan fingerprint density at radius 2 is 1.92 bits per heavy atom. The fraction of sp³-hybridized carbons (Fsp3) is 0.222. The number of nitrogens with one attached hydrogen (secondary N) is 3. The van der Waals surface area contributed by atoms with Gasteiger partial charge in [0.15, 0.2) is 0 Å². The van der Waals surface area contributed by atoms with E-state index in [1.165, 1.54) is 24.5 Å². The average Bonchev–Trinajstić information content (AvgIpc) is 3.47. The Labute approximate surface area is 220 Å². The number of hydrogen-bond acceptors (Lipinski definition) is 6. The number of rotatable bonds is 10. The van der Waals surface area contributed by atoms with E-state index in [1.807, 2.05) is 13.8 Å². The lowest BCUT2D eigenvalue weighted by Gasteiger charge is -2.10. The van der Waals surface area contributed by atoms with Gasteiger partial charge in [-0.05, 0) is 80.8 Å². The maximum Gasteiger partial charge on any atom is 0.306 e. The molecule has 9 nitrogen and oxygen atoms in total. The van der Waals surface area contributed by atoms with Gasteiger partial charge in [0.25, 0.3) is 0 Å². The lowest BCUT2D eigenvalue weighted by atomic mass is 10.1. The summed E-state index contributed by atoms with van der Waals surface area (Å²) in [6.45, 7) is 6.33. The number of halogens is 1. The second kappa shape index (κ2) is 11.5. The van der Waals surface area contributed by atoms with Crippen LogP contribution in [0.25, 0.3) is 22.8 Å². The molecule has 0 saturated heterocycles. The van der Waals surface area contributed by atoms with Crippen LogP contribution in [0.2, 0.25) is 0 Å². The minimum Gasteiger partial charge on any atom is -0.432 e. The first-order valence-corrected chi connectivity index (χ1v) is 13.5. The van der Waals surface area contributed by atoms with E-state index >= 15 is 0 Å². The summed E-state index contributed by atoms with van der Waals surface area (Å²) in [5.74, 6) is 0.550. The summed E-state index contributed by atoms with van der Waals surface area (Å²) in [6.07, 6.45) is 6.38. The summed E-state index contributed by atoms with van der Waals surface area (Å²) in [5.41, 5.74) is 4.21. The molecule has 4 rings (SSSR count). The Balaban J connectivity index is 1.45. The van der Waals surface area contributed by atoms with E-state index in [-0.39, 0.29) is 17.3 Å². The summed E-state index contributed by atoms with van der Waals surface area (Å²) in [4.78, 5) is 9.43. The van der Waals surface area contributed by atoms with Crippen LogP contribution < -0.4 is 10.0 Å². The monoisotopic (exact) mass is 536 g/mol. The van der Waals surface area contributed by atoms with E-state index in [4.69, 9.17) is 9.83 Å². The maximum absolute atomic E-state index is 13.5. The molecule has 0 aliphatic rings. The highest BCUT2D eigenvalue weighted by molar-refractivity contribution is 7.89. The molecule has 2 heterocycles. The predicted molar refractivity (Wildman–Crippen MR) is 146 cm³/mol. The minimum atomic E-state index is -3.59. The molecule has 0 fully saturated rings. The fourth-order valence-corrected chi connectivity index (χ4v) is 5.00. The molecule has 0 saturated carbocycles. The molecule has 198 valence electrons. The number of aromatic nitrogens is 2. The van der Waals surface area contributed by atoms with Gasteiger partial charge in [0.05, 0.1) is 16.4 Å². The highest BCUT2D eigenvalue weighted by atomic mass is 32.2. The van der Waals surface area contributed by atoms with Crippen LogP contribution in [0, 0.1) is 25.1 Å². The summed E-state index contributed by atoms with van der Waals surface area (Å²) in [5, 5.41) is 10.8. The number of aryl methyl sites for hydroxylation is 2. The van der Waals surface area contributed by atoms with Crippen LogP contribution in [0.15, 0.2) is 75.3 Å². The van der Waals surface area contributed by atoms with Crippen LogP contribution >= 0.6 is 0 Å². The zero-order valence-electron chi connectivity index (χ0n) is 21.3. The lowest BCUT2D eigenvalue weighted by molar-refractivity contribution is 0.578. The molecule has 38 heavy (non-hydrogen) atoms. The maximum atomic E-state index is 13.5. The van der Waals surface area contributed by atoms with Gasteiger partial charge in [-0.25, -0.2) is 22.5 Å². The number of hydrogen-bond donors (Lipinski definition) is 3. The molecular weight excluding hydrogens is 507 g/mol. The molecule has 2 aromatic heterocycles. The number of sulfonamides is 1. The van der Waals surface area contributed by atoms with Crippen molar-refractivity contribution in [2.75, 3.05) is 13.1 Å². The van der Waals surface area contributed by atoms with Crippen LogP contribution in [-0.4, -0.2) is 42.9 Å². The summed E-state index contributed by atoms with van der Waals surface area (Å²) in [7, 11) is -3.59. The molecule has 2 aromatic carbocycles. The molecule has 3 N–H and O–H groups in total. The van der Waals surface area contributed by atoms with E-state index in [1.54, 1.807) is 47.9 Å². The number of benzene rings is 2. The Morgan fingerprint density at radius 1 is 1.16 bits per heavy atom. The molecule has 0 spiro atoms. The van der Waals surface area contributed by atoms with Crippen LogP contribution in [0.1, 0.15) is 30.2 Å². The first kappa shape index (κ1) is 27.0. The van der Waals surface area contributed by atoms with Crippen molar-refractivity contribution >= 4 is 33.6 Å². The van der Waals surface area contributed by atoms with E-state index in [0.717, 1.165) is 17.3 Å². The lowest BCUT2D eigenvalue weighted by Crippen LogP contribution is -2.29. The fourth-order valence-electron chi connectivity index (χ4n) is 3.84. The van der Waals surface area contributed by atoms with E-state index in [0.29, 0.717) is 47.3 Å². The molecule has 0 unspecified atom stereocenters. The molecule has 0 bridgehead atoms. The number of fused-ring (bicyclic) bond motifs is 1. The largest absolute Gasteiger partial charge is 0.432 e. The quantitative estimate of drug-likeness (QED) is 0.154. The smallest absolute Gasteiger partial charge is 0.306 e. The second-order valence-electron chi connectivity index (χ2n) is 8.71. The number of amidine groups is 1. The zero-order chi connectivity index (χ0) is 27.3. The third-order valence-electron chi connectivity index (χ3n) is 5.97. The Kier molecular flexibility index (Phi) is 8.18. The second-order valence-corrected chi connectivity index (χ2v) is 10.5. The number of oxazole rings is 1. The van der Waals surface area contributed by atoms with Gasteiger partial charge >= 0.3 is 5.84 Å². The van der Waals surface area contributed by atoms with Crippen LogP contribution in [-0.2, 0) is 10.0 Å². The molecule has 0 radical (unpaired) electrons. The summed E-state index contributed by atoms with van der Waals surface area (Å²) >= 11 is 0. The Bertz CT molecular complexity index is 1620. The summed E-state index contributed by atoms with van der Waals surface area (Å²) < 4.78 is 48.4. The van der Waals surface area contributed by atoms with Crippen molar-refractivity contribution in [3.63, 3.8) is 0 Å². The SMILES string of the molecule is C/C(=N\C(=C/C=N)c1c(-c2ccc(F)cc2)nc2occn12)NCCCNS(=O)(=O)c1ccc(C)c(C)c1. The molecule has 11 heteroatoms. The van der Waals surface area contributed by atoms with Crippen molar-refractivity contribution in [3.8, 4) is 11.3 Å². The zero-order valence-corrected chi connectivity index (χ0v) is 22.1. The summed E-state index contributed by atoms with van der Waals surface area (Å²) in [6, 6.07) is 11.0. The standard InChI is InChI=1S/C27H29FN6O3S/c1-18-5-10-23(17-19(18)2)38(35,36)31-14-4-13-30-20(3)32-24(11-12-29)26-25(21-6-8-22(28)9-7-21)33-27-34(26)15-16-37-27/h5-12,15-17,29,31H,4,13-14H2,1-3H3,(H,30,32)/b24-11-,29-12?. The topological polar surface area (TPSA) is 125 Å². The van der Waals surface area contributed by atoms with E-state index in [9.17, 15) is 12.8 Å². The van der Waals surface area contributed by atoms with Crippen molar-refractivity contribution in [3.05, 3.63) is 83.6 Å². The van der Waals surface area contributed by atoms with Gasteiger partial charge in [-0.1, -0.05) is 6.07 Å². The van der Waals surface area contributed by atoms with Crippen LogP contribution in [0.4, 0.5) is 4.39 Å². The van der Waals surface area contributed by atoms with Gasteiger partial charge in [-0.15, -0.1) is 0 Å². The van der Waals surface area contributed by atoms with Gasteiger partial charge in [0, 0.05) is 31.1 Å². The first-order valence-electron chi connectivity index (χ1n) is 12.0. The van der Waals surface area contributed by atoms with Crippen molar-refractivity contribution in [2.24, 2.45) is 4.99 Å². The molecule has 4 aromatic rings. The third kappa shape index (κ3) is 6.06. The van der Waals surface area contributed by atoms with Gasteiger partial charge < -0.3 is 15.1 Å². The highest BCUT2D eigenvalue weighted by Gasteiger charge is 2.20. The van der Waals surface area contributed by atoms with Gasteiger partial charge in [-0.2, -0.15) is 4.98 Å². The molecule has 0 amide bonds. The molecule has 0 atom stereocenters. The van der Waals surface area contributed by atoms with Gasteiger partial charge in [0.1, 0.15) is 23.5 Å². The number of imidazole rings is 1. The van der Waals surface area contributed by atoms with E-state index in [2.05, 4.69) is 20.0 Å². The van der Waals surface area contributed by atoms with Gasteiger partial charge in [-0.3, -0.25) is 4.40 Å². The van der Waals surface area contributed by atoms with Crippen LogP contribution in [0.3, 0.4) is 0 Å². The average molecular weight is 537 g/mol. The number of aliphatic imine (C=N–C) groups is 1. The van der Waals surface area contributed by atoms with Crippen LogP contribution in [0.5, 0.6) is 0 Å². The van der Waals surface area contributed by atoms with Gasteiger partial charge in [0.2, 0.25) is 10.0 Å². The van der Waals surface area contributed by atoms with Crippen molar-refractivity contribution < 1.29 is 17.2 Å². The normalized spacial score (nSPS) is 12.7. The molecule has 0 aliphatic heterocycles.